The van der Waals surface area contributed by atoms with Crippen LogP contribution in [0.4, 0.5) is 0 Å². The fourth-order valence-corrected chi connectivity index (χ4v) is 1.96. The summed E-state index contributed by atoms with van der Waals surface area (Å²) in [6.07, 6.45) is 0.701. The van der Waals surface area contributed by atoms with E-state index in [0.717, 1.165) is 0 Å². The van der Waals surface area contributed by atoms with Crippen molar-refractivity contribution in [2.45, 2.75) is 39.3 Å². The molecule has 1 aromatic rings. The number of halogens is 1. The van der Waals surface area contributed by atoms with Gasteiger partial charge in [0.15, 0.2) is 5.96 Å². The summed E-state index contributed by atoms with van der Waals surface area (Å²) in [5.74, 6) is 0.942. The summed E-state index contributed by atoms with van der Waals surface area (Å²) in [6, 6.07) is 3.42. The zero-order valence-corrected chi connectivity index (χ0v) is 17.3. The Hall–Kier alpha value is -1.29. The average Bonchev–Trinajstić information content (AvgIpc) is 2.94. The van der Waals surface area contributed by atoms with Gasteiger partial charge >= 0.3 is 0 Å². The lowest BCUT2D eigenvalue weighted by Crippen LogP contribution is -2.48. The lowest BCUT2D eigenvalue weighted by atomic mass is 10.1. The van der Waals surface area contributed by atoms with Crippen molar-refractivity contribution in [2.24, 2.45) is 4.99 Å². The van der Waals surface area contributed by atoms with Crippen molar-refractivity contribution >= 4 is 35.8 Å². The molecule has 3 N–H and O–H groups in total. The topological polar surface area (TPSA) is 90.1 Å². The first-order valence-corrected chi connectivity index (χ1v) is 7.75. The fourth-order valence-electron chi connectivity index (χ4n) is 1.96. The summed E-state index contributed by atoms with van der Waals surface area (Å²) in [5.41, 5.74) is -0.275. The number of hydrogen-bond donors (Lipinski definition) is 3. The molecular weight excluding hydrogens is 423 g/mol. The van der Waals surface area contributed by atoms with Gasteiger partial charge in [-0.25, -0.2) is 4.99 Å². The van der Waals surface area contributed by atoms with E-state index in [4.69, 9.17) is 4.42 Å². The van der Waals surface area contributed by atoms with E-state index in [1.165, 1.54) is 6.26 Å². The van der Waals surface area contributed by atoms with Gasteiger partial charge in [0.05, 0.1) is 19.4 Å². The van der Waals surface area contributed by atoms with Crippen molar-refractivity contribution < 1.29 is 14.3 Å². The third-order valence-electron chi connectivity index (χ3n) is 2.88. The van der Waals surface area contributed by atoms with Crippen LogP contribution in [0.5, 0.6) is 0 Å². The molecule has 0 fully saturated rings. The Morgan fingerprint density at radius 2 is 2.12 bits per heavy atom. The van der Waals surface area contributed by atoms with Gasteiger partial charge in [0.1, 0.15) is 11.9 Å². The Morgan fingerprint density at radius 3 is 2.62 bits per heavy atom. The number of aliphatic imine (C=N–C) groups is 1. The van der Waals surface area contributed by atoms with Crippen LogP contribution in [0.15, 0.2) is 27.8 Å². The molecule has 8 heteroatoms. The molecule has 1 amide bonds. The van der Waals surface area contributed by atoms with E-state index in [2.05, 4.69) is 15.6 Å². The Kier molecular flexibility index (Phi) is 9.98. The van der Waals surface area contributed by atoms with Gasteiger partial charge < -0.3 is 25.1 Å². The molecule has 0 bridgehead atoms. The highest BCUT2D eigenvalue weighted by Crippen LogP contribution is 2.13. The van der Waals surface area contributed by atoms with E-state index in [0.29, 0.717) is 18.3 Å². The highest BCUT2D eigenvalue weighted by Gasteiger charge is 2.17. The number of hydrogen-bond acceptors (Lipinski definition) is 4. The first-order chi connectivity index (χ1) is 10.7. The van der Waals surface area contributed by atoms with Gasteiger partial charge in [-0.1, -0.05) is 0 Å². The number of aliphatic hydroxyl groups is 1. The van der Waals surface area contributed by atoms with Gasteiger partial charge in [0.25, 0.3) is 0 Å². The quantitative estimate of drug-likeness (QED) is 0.348. The lowest BCUT2D eigenvalue weighted by molar-refractivity contribution is -0.122. The molecule has 0 radical (unpaired) electrons. The van der Waals surface area contributed by atoms with E-state index in [-0.39, 0.29) is 48.5 Å². The van der Waals surface area contributed by atoms with Crippen LogP contribution >= 0.6 is 24.0 Å². The molecule has 0 aromatic carbocycles. The predicted molar refractivity (Wildman–Crippen MR) is 106 cm³/mol. The van der Waals surface area contributed by atoms with Crippen molar-refractivity contribution in [1.29, 1.82) is 0 Å². The molecule has 1 aromatic heterocycles. The standard InChI is InChI=1S/C16H28N4O3.HI/c1-6-17-15(18-10-12(21)13-8-7-9-23-13)20(5)11-14(22)19-16(2,3)4;/h7-9,12,21H,6,10-11H2,1-5H3,(H,17,18)(H,19,22);1H. The third-order valence-corrected chi connectivity index (χ3v) is 2.88. The first kappa shape index (κ1) is 22.7. The van der Waals surface area contributed by atoms with Crippen LogP contribution in [0.2, 0.25) is 0 Å². The molecule has 1 heterocycles. The van der Waals surface area contributed by atoms with Crippen molar-refractivity contribution in [3.63, 3.8) is 0 Å². The zero-order valence-electron chi connectivity index (χ0n) is 15.0. The van der Waals surface area contributed by atoms with Crippen LogP contribution in [0, 0.1) is 0 Å². The van der Waals surface area contributed by atoms with E-state index >= 15 is 0 Å². The number of furan rings is 1. The minimum Gasteiger partial charge on any atom is -0.467 e. The minimum absolute atomic E-state index is 0. The van der Waals surface area contributed by atoms with Crippen molar-refractivity contribution in [2.75, 3.05) is 26.7 Å². The number of nitrogens with zero attached hydrogens (tertiary/aromatic N) is 2. The minimum atomic E-state index is -0.810. The molecule has 0 aliphatic heterocycles. The lowest BCUT2D eigenvalue weighted by Gasteiger charge is -2.25. The third kappa shape index (κ3) is 8.53. The molecule has 1 atom stereocenters. The second-order valence-electron chi connectivity index (χ2n) is 6.38. The number of guanidine groups is 1. The van der Waals surface area contributed by atoms with Gasteiger partial charge in [0, 0.05) is 19.1 Å². The number of carbonyl (C=O) groups excluding carboxylic acids is 1. The van der Waals surface area contributed by atoms with Gasteiger partial charge in [-0.3, -0.25) is 4.79 Å². The molecule has 0 saturated carbocycles. The smallest absolute Gasteiger partial charge is 0.240 e. The van der Waals surface area contributed by atoms with Gasteiger partial charge in [-0.15, -0.1) is 24.0 Å². The number of rotatable bonds is 6. The van der Waals surface area contributed by atoms with Crippen LogP contribution in [0.25, 0.3) is 0 Å². The largest absolute Gasteiger partial charge is 0.467 e. The first-order valence-electron chi connectivity index (χ1n) is 7.75. The van der Waals surface area contributed by atoms with Gasteiger partial charge in [-0.2, -0.15) is 0 Å². The van der Waals surface area contributed by atoms with Crippen LogP contribution in [-0.2, 0) is 4.79 Å². The molecule has 0 spiro atoms. The number of carbonyl (C=O) groups is 1. The molecule has 0 aliphatic carbocycles. The molecule has 0 saturated heterocycles. The van der Waals surface area contributed by atoms with Crippen LogP contribution < -0.4 is 10.6 Å². The number of likely N-dealkylation sites (N-methyl/N-ethyl adjacent to an activating group) is 1. The molecule has 1 unspecified atom stereocenters. The highest BCUT2D eigenvalue weighted by molar-refractivity contribution is 14.0. The van der Waals surface area contributed by atoms with Crippen molar-refractivity contribution in [3.05, 3.63) is 24.2 Å². The molecule has 7 nitrogen and oxygen atoms in total. The Bertz CT molecular complexity index is 512. The number of aliphatic hydroxyl groups excluding tert-OH is 1. The van der Waals surface area contributed by atoms with E-state index in [1.54, 1.807) is 24.1 Å². The molecule has 0 aliphatic rings. The Labute approximate surface area is 160 Å². The second-order valence-corrected chi connectivity index (χ2v) is 6.38. The van der Waals surface area contributed by atoms with E-state index in [1.807, 2.05) is 27.7 Å². The Balaban J connectivity index is 0.00000529. The second kappa shape index (κ2) is 10.5. The average molecular weight is 452 g/mol. The monoisotopic (exact) mass is 452 g/mol. The molecular formula is C16H29IN4O3. The van der Waals surface area contributed by atoms with Gasteiger partial charge in [0.2, 0.25) is 5.91 Å². The summed E-state index contributed by atoms with van der Waals surface area (Å²) < 4.78 is 5.15. The van der Waals surface area contributed by atoms with Gasteiger partial charge in [-0.05, 0) is 39.8 Å². The SMILES string of the molecule is CCNC(=NCC(O)c1ccco1)N(C)CC(=O)NC(C)(C)C.I. The van der Waals surface area contributed by atoms with E-state index < -0.39 is 6.10 Å². The summed E-state index contributed by atoms with van der Waals surface area (Å²) >= 11 is 0. The summed E-state index contributed by atoms with van der Waals surface area (Å²) in [5, 5.41) is 16.0. The maximum atomic E-state index is 12.0. The normalized spacial score (nSPS) is 13.0. The van der Waals surface area contributed by atoms with Crippen LogP contribution in [0.3, 0.4) is 0 Å². The summed E-state index contributed by atoms with van der Waals surface area (Å²) in [4.78, 5) is 18.1. The molecule has 1 rings (SSSR count). The van der Waals surface area contributed by atoms with Crippen LogP contribution in [-0.4, -0.2) is 54.1 Å². The van der Waals surface area contributed by atoms with Crippen molar-refractivity contribution in [3.8, 4) is 0 Å². The van der Waals surface area contributed by atoms with Crippen molar-refractivity contribution in [1.82, 2.24) is 15.5 Å². The summed E-state index contributed by atoms with van der Waals surface area (Å²) in [7, 11) is 1.78. The van der Waals surface area contributed by atoms with E-state index in [9.17, 15) is 9.90 Å². The fraction of sp³-hybridized carbons (Fsp3) is 0.625. The molecule has 138 valence electrons. The predicted octanol–water partition coefficient (Wildman–Crippen LogP) is 1.74. The maximum absolute atomic E-state index is 12.0. The Morgan fingerprint density at radius 1 is 1.46 bits per heavy atom. The number of nitrogens with one attached hydrogen (secondary N) is 2. The zero-order chi connectivity index (χ0) is 17.5. The maximum Gasteiger partial charge on any atom is 0.240 e. The highest BCUT2D eigenvalue weighted by atomic mass is 127. The molecule has 24 heavy (non-hydrogen) atoms. The summed E-state index contributed by atoms with van der Waals surface area (Å²) in [6.45, 7) is 8.75. The number of amides is 1. The van der Waals surface area contributed by atoms with Crippen LogP contribution in [0.1, 0.15) is 39.6 Å².